The van der Waals surface area contributed by atoms with Crippen molar-refractivity contribution in [3.8, 4) is 11.3 Å². The SMILES string of the molecule is O=C(CCNC(=O)c1ccc(F)cc1F)Nc1nc(-c2ccc3c(c2)CCC3)cs1. The fourth-order valence-electron chi connectivity index (χ4n) is 3.44. The highest BCUT2D eigenvalue weighted by atomic mass is 32.1. The van der Waals surface area contributed by atoms with Gasteiger partial charge in [-0.05, 0) is 48.6 Å². The van der Waals surface area contributed by atoms with Crippen LogP contribution in [0.25, 0.3) is 11.3 Å². The van der Waals surface area contributed by atoms with Crippen molar-refractivity contribution in [1.29, 1.82) is 0 Å². The van der Waals surface area contributed by atoms with Gasteiger partial charge in [0.25, 0.3) is 5.91 Å². The quantitative estimate of drug-likeness (QED) is 0.615. The van der Waals surface area contributed by atoms with Gasteiger partial charge in [-0.2, -0.15) is 0 Å². The van der Waals surface area contributed by atoms with Gasteiger partial charge >= 0.3 is 0 Å². The number of halogens is 2. The summed E-state index contributed by atoms with van der Waals surface area (Å²) in [5, 5.41) is 7.53. The van der Waals surface area contributed by atoms with Crippen LogP contribution in [-0.4, -0.2) is 23.3 Å². The highest BCUT2D eigenvalue weighted by Crippen LogP contribution is 2.30. The lowest BCUT2D eigenvalue weighted by Gasteiger charge is -2.06. The third-order valence-corrected chi connectivity index (χ3v) is 5.72. The lowest BCUT2D eigenvalue weighted by atomic mass is 10.1. The molecule has 4 rings (SSSR count). The van der Waals surface area contributed by atoms with Crippen LogP contribution in [0.3, 0.4) is 0 Å². The number of hydrogen-bond acceptors (Lipinski definition) is 4. The van der Waals surface area contributed by atoms with Crippen molar-refractivity contribution in [3.63, 3.8) is 0 Å². The van der Waals surface area contributed by atoms with E-state index in [1.54, 1.807) is 0 Å². The van der Waals surface area contributed by atoms with Crippen molar-refractivity contribution < 1.29 is 18.4 Å². The van der Waals surface area contributed by atoms with Gasteiger partial charge in [0.1, 0.15) is 11.6 Å². The van der Waals surface area contributed by atoms with E-state index < -0.39 is 17.5 Å². The number of carbonyl (C=O) groups is 2. The Morgan fingerprint density at radius 3 is 2.73 bits per heavy atom. The Morgan fingerprint density at radius 2 is 1.90 bits per heavy atom. The van der Waals surface area contributed by atoms with Crippen LogP contribution in [0, 0.1) is 11.6 Å². The van der Waals surface area contributed by atoms with E-state index in [0.29, 0.717) is 11.2 Å². The van der Waals surface area contributed by atoms with E-state index >= 15 is 0 Å². The molecular formula is C22H19F2N3O2S. The summed E-state index contributed by atoms with van der Waals surface area (Å²) in [6.45, 7) is 0.0184. The molecule has 2 amide bonds. The average molecular weight is 427 g/mol. The summed E-state index contributed by atoms with van der Waals surface area (Å²) >= 11 is 1.33. The van der Waals surface area contributed by atoms with E-state index in [1.165, 1.54) is 28.9 Å². The van der Waals surface area contributed by atoms with E-state index in [-0.39, 0.29) is 24.4 Å². The zero-order chi connectivity index (χ0) is 21.1. The van der Waals surface area contributed by atoms with Gasteiger partial charge in [0.2, 0.25) is 5.91 Å². The van der Waals surface area contributed by atoms with Crippen molar-refractivity contribution in [2.45, 2.75) is 25.7 Å². The van der Waals surface area contributed by atoms with E-state index in [0.717, 1.165) is 36.2 Å². The molecule has 1 heterocycles. The van der Waals surface area contributed by atoms with Crippen LogP contribution in [0.4, 0.5) is 13.9 Å². The minimum absolute atomic E-state index is 0.00229. The molecule has 30 heavy (non-hydrogen) atoms. The molecule has 1 aromatic heterocycles. The Kier molecular flexibility index (Phi) is 5.85. The Morgan fingerprint density at radius 1 is 1.07 bits per heavy atom. The highest BCUT2D eigenvalue weighted by Gasteiger charge is 2.15. The molecule has 0 spiro atoms. The molecule has 0 fully saturated rings. The molecule has 2 aromatic carbocycles. The predicted octanol–water partition coefficient (Wildman–Crippen LogP) is 4.34. The molecule has 0 atom stereocenters. The van der Waals surface area contributed by atoms with Gasteiger partial charge < -0.3 is 10.6 Å². The number of fused-ring (bicyclic) bond motifs is 1. The Hall–Kier alpha value is -3.13. The smallest absolute Gasteiger partial charge is 0.254 e. The number of nitrogens with one attached hydrogen (secondary N) is 2. The second-order valence-corrected chi connectivity index (χ2v) is 7.91. The van der Waals surface area contributed by atoms with E-state index in [2.05, 4.69) is 33.8 Å². The first-order valence-corrected chi connectivity index (χ1v) is 10.5. The molecule has 1 aliphatic carbocycles. The van der Waals surface area contributed by atoms with Gasteiger partial charge in [-0.3, -0.25) is 9.59 Å². The average Bonchev–Trinajstić information content (AvgIpc) is 3.36. The zero-order valence-corrected chi connectivity index (χ0v) is 16.8. The minimum Gasteiger partial charge on any atom is -0.351 e. The van der Waals surface area contributed by atoms with E-state index in [9.17, 15) is 18.4 Å². The van der Waals surface area contributed by atoms with Gasteiger partial charge in [-0.25, -0.2) is 13.8 Å². The maximum Gasteiger partial charge on any atom is 0.254 e. The van der Waals surface area contributed by atoms with Crippen LogP contribution in [0.2, 0.25) is 0 Å². The van der Waals surface area contributed by atoms with Crippen molar-refractivity contribution in [1.82, 2.24) is 10.3 Å². The molecule has 2 N–H and O–H groups in total. The fraction of sp³-hybridized carbons (Fsp3) is 0.227. The maximum atomic E-state index is 13.6. The summed E-state index contributed by atoms with van der Waals surface area (Å²) in [5.41, 5.74) is 4.33. The van der Waals surface area contributed by atoms with E-state index in [4.69, 9.17) is 0 Å². The first kappa shape index (κ1) is 20.2. The van der Waals surface area contributed by atoms with Crippen LogP contribution in [0.15, 0.2) is 41.8 Å². The lowest BCUT2D eigenvalue weighted by molar-refractivity contribution is -0.116. The monoisotopic (exact) mass is 427 g/mol. The lowest BCUT2D eigenvalue weighted by Crippen LogP contribution is -2.28. The molecule has 0 bridgehead atoms. The number of benzene rings is 2. The van der Waals surface area contributed by atoms with Gasteiger partial charge in [-0.15, -0.1) is 11.3 Å². The second-order valence-electron chi connectivity index (χ2n) is 7.05. The van der Waals surface area contributed by atoms with Gasteiger partial charge in [0, 0.05) is 30.0 Å². The molecule has 1 aliphatic rings. The zero-order valence-electron chi connectivity index (χ0n) is 16.0. The largest absolute Gasteiger partial charge is 0.351 e. The highest BCUT2D eigenvalue weighted by molar-refractivity contribution is 7.14. The number of aryl methyl sites for hydroxylation is 2. The molecule has 0 aliphatic heterocycles. The Labute approximate surface area is 176 Å². The standard InChI is InChI=1S/C22H19F2N3O2S/c23-16-6-7-17(18(24)11-16)21(29)25-9-8-20(28)27-22-26-19(12-30-22)15-5-4-13-2-1-3-14(13)10-15/h4-7,10-12H,1-3,8-9H2,(H,25,29)(H,26,27,28). The topological polar surface area (TPSA) is 71.1 Å². The molecule has 0 saturated carbocycles. The van der Waals surface area contributed by atoms with Gasteiger partial charge in [0.15, 0.2) is 5.13 Å². The maximum absolute atomic E-state index is 13.6. The Bertz CT molecular complexity index is 1110. The van der Waals surface area contributed by atoms with Crippen LogP contribution in [-0.2, 0) is 17.6 Å². The minimum atomic E-state index is -0.946. The summed E-state index contributed by atoms with van der Waals surface area (Å²) in [7, 11) is 0. The number of nitrogens with zero attached hydrogens (tertiary/aromatic N) is 1. The first-order valence-electron chi connectivity index (χ1n) is 9.60. The van der Waals surface area contributed by atoms with E-state index in [1.807, 2.05) is 5.38 Å². The molecule has 154 valence electrons. The predicted molar refractivity (Wildman–Crippen MR) is 112 cm³/mol. The van der Waals surface area contributed by atoms with Crippen molar-refractivity contribution in [2.24, 2.45) is 0 Å². The van der Waals surface area contributed by atoms with Crippen LogP contribution in [0.1, 0.15) is 34.3 Å². The number of rotatable bonds is 6. The number of amides is 2. The summed E-state index contributed by atoms with van der Waals surface area (Å²) < 4.78 is 26.5. The van der Waals surface area contributed by atoms with Crippen molar-refractivity contribution in [2.75, 3.05) is 11.9 Å². The normalized spacial score (nSPS) is 12.5. The first-order chi connectivity index (χ1) is 14.5. The number of thiazole rings is 1. The number of anilines is 1. The Balaban J connectivity index is 1.29. The summed E-state index contributed by atoms with van der Waals surface area (Å²) in [6.07, 6.45) is 3.40. The third kappa shape index (κ3) is 4.54. The number of hydrogen-bond donors (Lipinski definition) is 2. The molecule has 0 saturated heterocycles. The van der Waals surface area contributed by atoms with Crippen molar-refractivity contribution >= 4 is 28.3 Å². The fourth-order valence-corrected chi connectivity index (χ4v) is 4.17. The molecule has 0 radical (unpaired) electrons. The summed E-state index contributed by atoms with van der Waals surface area (Å²) in [5.74, 6) is -2.72. The van der Waals surface area contributed by atoms with Crippen LogP contribution >= 0.6 is 11.3 Å². The number of carbonyl (C=O) groups excluding carboxylic acids is 2. The van der Waals surface area contributed by atoms with Crippen LogP contribution < -0.4 is 10.6 Å². The molecule has 5 nitrogen and oxygen atoms in total. The number of aromatic nitrogens is 1. The second kappa shape index (κ2) is 8.71. The van der Waals surface area contributed by atoms with Gasteiger partial charge in [-0.1, -0.05) is 12.1 Å². The molecular weight excluding hydrogens is 408 g/mol. The summed E-state index contributed by atoms with van der Waals surface area (Å²) in [4.78, 5) is 28.5. The van der Waals surface area contributed by atoms with Crippen LogP contribution in [0.5, 0.6) is 0 Å². The van der Waals surface area contributed by atoms with Gasteiger partial charge in [0.05, 0.1) is 11.3 Å². The third-order valence-electron chi connectivity index (χ3n) is 4.96. The summed E-state index contributed by atoms with van der Waals surface area (Å²) in [6, 6.07) is 9.06. The molecule has 0 unspecified atom stereocenters. The molecule has 8 heteroatoms. The van der Waals surface area contributed by atoms with Crippen molar-refractivity contribution in [3.05, 3.63) is 70.1 Å². The molecule has 3 aromatic rings.